The minimum Gasteiger partial charge on any atom is -0.316 e. The summed E-state index contributed by atoms with van der Waals surface area (Å²) in [4.78, 5) is 2.60. The van der Waals surface area contributed by atoms with Gasteiger partial charge in [0.25, 0.3) is 0 Å². The molecule has 17 heavy (non-hydrogen) atoms. The molecule has 0 aliphatic rings. The van der Waals surface area contributed by atoms with Gasteiger partial charge in [-0.1, -0.05) is 48.0 Å². The van der Waals surface area contributed by atoms with Crippen molar-refractivity contribution in [2.75, 3.05) is 32.7 Å². The summed E-state index contributed by atoms with van der Waals surface area (Å²) in [6, 6.07) is 0. The molecule has 0 aliphatic carbocycles. The largest absolute Gasteiger partial charge is 0.316 e. The molecule has 1 unspecified atom stereocenters. The molecule has 0 radical (unpaired) electrons. The Kier molecular flexibility index (Phi) is 8.89. The summed E-state index contributed by atoms with van der Waals surface area (Å²) in [6.07, 6.45) is 2.51. The molecule has 0 fully saturated rings. The van der Waals surface area contributed by atoms with Crippen molar-refractivity contribution in [2.45, 2.75) is 54.4 Å². The average molecular weight is 242 g/mol. The average Bonchev–Trinajstić information content (AvgIpc) is 2.27. The maximum Gasteiger partial charge on any atom is 0.00448 e. The monoisotopic (exact) mass is 242 g/mol. The van der Waals surface area contributed by atoms with E-state index >= 15 is 0 Å². The molecular formula is C15H34N2. The number of rotatable bonds is 10. The third-order valence-electron chi connectivity index (χ3n) is 3.40. The lowest BCUT2D eigenvalue weighted by Crippen LogP contribution is -2.42. The summed E-state index contributed by atoms with van der Waals surface area (Å²) >= 11 is 0. The van der Waals surface area contributed by atoms with E-state index in [2.05, 4.69) is 51.8 Å². The van der Waals surface area contributed by atoms with Gasteiger partial charge >= 0.3 is 0 Å². The van der Waals surface area contributed by atoms with Gasteiger partial charge in [0, 0.05) is 19.6 Å². The van der Waals surface area contributed by atoms with E-state index in [9.17, 15) is 0 Å². The Bertz CT molecular complexity index is 178. The molecule has 1 N–H and O–H groups in total. The van der Waals surface area contributed by atoms with E-state index in [1.54, 1.807) is 0 Å². The first kappa shape index (κ1) is 16.9. The second-order valence-electron chi connectivity index (χ2n) is 6.18. The summed E-state index contributed by atoms with van der Waals surface area (Å²) < 4.78 is 0. The molecule has 0 amide bonds. The second-order valence-corrected chi connectivity index (χ2v) is 6.18. The van der Waals surface area contributed by atoms with Crippen LogP contribution in [0.5, 0.6) is 0 Å². The third kappa shape index (κ3) is 8.62. The molecule has 0 aromatic rings. The molecule has 0 bridgehead atoms. The van der Waals surface area contributed by atoms with Crippen LogP contribution in [0.3, 0.4) is 0 Å². The number of hydrogen-bond donors (Lipinski definition) is 1. The minimum atomic E-state index is 0.374. The second kappa shape index (κ2) is 8.93. The summed E-state index contributed by atoms with van der Waals surface area (Å²) in [5.74, 6) is 0.814. The van der Waals surface area contributed by atoms with Crippen molar-refractivity contribution < 1.29 is 0 Å². The van der Waals surface area contributed by atoms with Crippen LogP contribution in [-0.4, -0.2) is 37.6 Å². The quantitative estimate of drug-likeness (QED) is 0.591. The van der Waals surface area contributed by atoms with E-state index in [-0.39, 0.29) is 0 Å². The van der Waals surface area contributed by atoms with Crippen LogP contribution >= 0.6 is 0 Å². The first-order chi connectivity index (χ1) is 7.95. The van der Waals surface area contributed by atoms with Crippen molar-refractivity contribution in [2.24, 2.45) is 11.3 Å². The van der Waals surface area contributed by atoms with Crippen molar-refractivity contribution in [3.05, 3.63) is 0 Å². The molecule has 0 aliphatic heterocycles. The van der Waals surface area contributed by atoms with Crippen molar-refractivity contribution in [1.29, 1.82) is 0 Å². The summed E-state index contributed by atoms with van der Waals surface area (Å²) in [6.45, 7) is 19.7. The summed E-state index contributed by atoms with van der Waals surface area (Å²) in [5.41, 5.74) is 0.374. The zero-order chi connectivity index (χ0) is 13.3. The molecule has 0 saturated carbocycles. The normalized spacial score (nSPS) is 14.3. The molecular weight excluding hydrogens is 208 g/mol. The highest BCUT2D eigenvalue weighted by molar-refractivity contribution is 4.76. The van der Waals surface area contributed by atoms with Crippen LogP contribution in [0, 0.1) is 11.3 Å². The van der Waals surface area contributed by atoms with Gasteiger partial charge in [-0.3, -0.25) is 0 Å². The SMILES string of the molecule is CCCNCC(C)(C)CN(CC)CC(C)CC. The Morgan fingerprint density at radius 2 is 1.82 bits per heavy atom. The van der Waals surface area contributed by atoms with Crippen LogP contribution in [0.4, 0.5) is 0 Å². The maximum atomic E-state index is 3.55. The fraction of sp³-hybridized carbons (Fsp3) is 1.00. The van der Waals surface area contributed by atoms with E-state index in [1.165, 1.54) is 32.5 Å². The Balaban J connectivity index is 4.05. The van der Waals surface area contributed by atoms with Crippen molar-refractivity contribution in [1.82, 2.24) is 10.2 Å². The smallest absolute Gasteiger partial charge is 0.00448 e. The Labute approximate surface area is 109 Å². The lowest BCUT2D eigenvalue weighted by molar-refractivity contribution is 0.161. The molecule has 0 aromatic heterocycles. The molecule has 104 valence electrons. The standard InChI is InChI=1S/C15H34N2/c1-7-10-16-12-15(5,6)13-17(9-3)11-14(4)8-2/h14,16H,7-13H2,1-6H3. The Morgan fingerprint density at radius 3 is 2.29 bits per heavy atom. The Morgan fingerprint density at radius 1 is 1.18 bits per heavy atom. The van der Waals surface area contributed by atoms with Crippen LogP contribution in [0.2, 0.25) is 0 Å². The highest BCUT2D eigenvalue weighted by Gasteiger charge is 2.21. The van der Waals surface area contributed by atoms with Gasteiger partial charge < -0.3 is 10.2 Å². The molecule has 0 heterocycles. The van der Waals surface area contributed by atoms with Gasteiger partial charge in [0.1, 0.15) is 0 Å². The van der Waals surface area contributed by atoms with Gasteiger partial charge in [-0.25, -0.2) is 0 Å². The molecule has 2 heteroatoms. The maximum absolute atomic E-state index is 3.55. The predicted molar refractivity (Wildman–Crippen MR) is 78.5 cm³/mol. The van der Waals surface area contributed by atoms with Crippen LogP contribution in [0.1, 0.15) is 54.4 Å². The van der Waals surface area contributed by atoms with Gasteiger partial charge in [-0.05, 0) is 30.8 Å². The van der Waals surface area contributed by atoms with Gasteiger partial charge in [-0.2, -0.15) is 0 Å². The topological polar surface area (TPSA) is 15.3 Å². The van der Waals surface area contributed by atoms with Gasteiger partial charge in [0.05, 0.1) is 0 Å². The fourth-order valence-electron chi connectivity index (χ4n) is 2.14. The van der Waals surface area contributed by atoms with E-state index in [4.69, 9.17) is 0 Å². The molecule has 1 atom stereocenters. The van der Waals surface area contributed by atoms with Gasteiger partial charge in [-0.15, -0.1) is 0 Å². The van der Waals surface area contributed by atoms with Crippen molar-refractivity contribution in [3.8, 4) is 0 Å². The van der Waals surface area contributed by atoms with E-state index in [0.29, 0.717) is 5.41 Å². The number of nitrogens with zero attached hydrogens (tertiary/aromatic N) is 1. The fourth-order valence-corrected chi connectivity index (χ4v) is 2.14. The van der Waals surface area contributed by atoms with Crippen molar-refractivity contribution >= 4 is 0 Å². The first-order valence-electron chi connectivity index (χ1n) is 7.38. The van der Waals surface area contributed by atoms with E-state index < -0.39 is 0 Å². The number of nitrogens with one attached hydrogen (secondary N) is 1. The van der Waals surface area contributed by atoms with Crippen LogP contribution < -0.4 is 5.32 Å². The summed E-state index contributed by atoms with van der Waals surface area (Å²) in [7, 11) is 0. The number of hydrogen-bond acceptors (Lipinski definition) is 2. The van der Waals surface area contributed by atoms with E-state index in [0.717, 1.165) is 19.0 Å². The van der Waals surface area contributed by atoms with Crippen LogP contribution in [-0.2, 0) is 0 Å². The first-order valence-corrected chi connectivity index (χ1v) is 7.38. The Hall–Kier alpha value is -0.0800. The zero-order valence-corrected chi connectivity index (χ0v) is 13.0. The molecule has 2 nitrogen and oxygen atoms in total. The molecule has 0 saturated heterocycles. The molecule has 0 rings (SSSR count). The van der Waals surface area contributed by atoms with E-state index in [1.807, 2.05) is 0 Å². The molecule has 0 spiro atoms. The van der Waals surface area contributed by atoms with Crippen molar-refractivity contribution in [3.63, 3.8) is 0 Å². The van der Waals surface area contributed by atoms with Crippen LogP contribution in [0.25, 0.3) is 0 Å². The summed E-state index contributed by atoms with van der Waals surface area (Å²) in [5, 5.41) is 3.55. The highest BCUT2D eigenvalue weighted by Crippen LogP contribution is 2.17. The third-order valence-corrected chi connectivity index (χ3v) is 3.40. The zero-order valence-electron chi connectivity index (χ0n) is 13.0. The van der Waals surface area contributed by atoms with Gasteiger partial charge in [0.2, 0.25) is 0 Å². The van der Waals surface area contributed by atoms with Gasteiger partial charge in [0.15, 0.2) is 0 Å². The molecule has 0 aromatic carbocycles. The predicted octanol–water partition coefficient (Wildman–Crippen LogP) is 3.38. The van der Waals surface area contributed by atoms with Crippen LogP contribution in [0.15, 0.2) is 0 Å². The lowest BCUT2D eigenvalue weighted by Gasteiger charge is -2.33. The highest BCUT2D eigenvalue weighted by atomic mass is 15.1. The lowest BCUT2D eigenvalue weighted by atomic mass is 9.92. The minimum absolute atomic E-state index is 0.374.